The van der Waals surface area contributed by atoms with Crippen LogP contribution in [0.2, 0.25) is 0 Å². The molecule has 100 valence electrons. The van der Waals surface area contributed by atoms with Crippen molar-refractivity contribution >= 4 is 5.97 Å². The number of aliphatic hydroxyl groups is 1. The van der Waals surface area contributed by atoms with Gasteiger partial charge in [0.1, 0.15) is 5.75 Å². The van der Waals surface area contributed by atoms with E-state index in [-0.39, 0.29) is 13.2 Å². The van der Waals surface area contributed by atoms with E-state index in [9.17, 15) is 9.90 Å². The Kier molecular flexibility index (Phi) is 5.61. The average molecular weight is 254 g/mol. The SMILES string of the molecule is CCOC(=O)C(O)c1ccc(OC)cc1COC. The van der Waals surface area contributed by atoms with Gasteiger partial charge in [0.2, 0.25) is 0 Å². The van der Waals surface area contributed by atoms with Crippen molar-refractivity contribution in [2.45, 2.75) is 19.6 Å². The molecule has 0 spiro atoms. The van der Waals surface area contributed by atoms with Crippen molar-refractivity contribution in [3.05, 3.63) is 29.3 Å². The van der Waals surface area contributed by atoms with E-state index in [1.54, 1.807) is 39.3 Å². The van der Waals surface area contributed by atoms with Crippen molar-refractivity contribution < 1.29 is 24.1 Å². The third-order valence-electron chi connectivity index (χ3n) is 2.45. The number of esters is 1. The lowest BCUT2D eigenvalue weighted by Gasteiger charge is -2.15. The molecule has 0 aliphatic rings. The molecule has 18 heavy (non-hydrogen) atoms. The molecule has 0 amide bonds. The van der Waals surface area contributed by atoms with Crippen LogP contribution in [0.3, 0.4) is 0 Å². The summed E-state index contributed by atoms with van der Waals surface area (Å²) in [5.74, 6) is -0.0260. The van der Waals surface area contributed by atoms with Crippen LogP contribution in [0.5, 0.6) is 5.75 Å². The van der Waals surface area contributed by atoms with E-state index < -0.39 is 12.1 Å². The number of methoxy groups -OCH3 is 2. The first-order valence-electron chi connectivity index (χ1n) is 5.64. The van der Waals surface area contributed by atoms with E-state index in [1.165, 1.54) is 0 Å². The lowest BCUT2D eigenvalue weighted by atomic mass is 10.0. The smallest absolute Gasteiger partial charge is 0.339 e. The summed E-state index contributed by atoms with van der Waals surface area (Å²) in [5.41, 5.74) is 1.16. The van der Waals surface area contributed by atoms with Crippen LogP contribution in [0, 0.1) is 0 Å². The Bertz CT molecular complexity index is 402. The fourth-order valence-corrected chi connectivity index (χ4v) is 1.60. The standard InChI is InChI=1S/C13H18O5/c1-4-18-13(15)12(14)11-6-5-10(17-3)7-9(11)8-16-2/h5-7,12,14H,4,8H2,1-3H3. The molecule has 0 aliphatic heterocycles. The van der Waals surface area contributed by atoms with Gasteiger partial charge >= 0.3 is 5.97 Å². The highest BCUT2D eigenvalue weighted by Crippen LogP contribution is 2.24. The van der Waals surface area contributed by atoms with Crippen LogP contribution in [0.1, 0.15) is 24.2 Å². The van der Waals surface area contributed by atoms with Gasteiger partial charge in [-0.25, -0.2) is 4.79 Å². The molecule has 0 aliphatic carbocycles. The van der Waals surface area contributed by atoms with Gasteiger partial charge in [-0.15, -0.1) is 0 Å². The average Bonchev–Trinajstić information content (AvgIpc) is 2.38. The van der Waals surface area contributed by atoms with E-state index >= 15 is 0 Å². The molecule has 0 saturated carbocycles. The first kappa shape index (κ1) is 14.5. The zero-order chi connectivity index (χ0) is 13.5. The van der Waals surface area contributed by atoms with Gasteiger partial charge in [0.05, 0.1) is 20.3 Å². The molecule has 0 saturated heterocycles. The summed E-state index contributed by atoms with van der Waals surface area (Å²) >= 11 is 0. The fraction of sp³-hybridized carbons (Fsp3) is 0.462. The maximum absolute atomic E-state index is 11.5. The molecule has 1 aromatic carbocycles. The Hall–Kier alpha value is -1.59. The molecule has 0 heterocycles. The molecule has 1 unspecified atom stereocenters. The Morgan fingerprint density at radius 1 is 1.39 bits per heavy atom. The van der Waals surface area contributed by atoms with Crippen molar-refractivity contribution in [1.82, 2.24) is 0 Å². The predicted molar refractivity (Wildman–Crippen MR) is 65.3 cm³/mol. The normalized spacial score (nSPS) is 12.0. The molecule has 1 rings (SSSR count). The van der Waals surface area contributed by atoms with Crippen LogP contribution >= 0.6 is 0 Å². The Morgan fingerprint density at radius 2 is 2.11 bits per heavy atom. The van der Waals surface area contributed by atoms with E-state index in [2.05, 4.69) is 0 Å². The summed E-state index contributed by atoms with van der Waals surface area (Å²) in [6.45, 7) is 2.20. The monoisotopic (exact) mass is 254 g/mol. The van der Waals surface area contributed by atoms with Crippen LogP contribution in [-0.4, -0.2) is 31.9 Å². The predicted octanol–water partition coefficient (Wildman–Crippen LogP) is 1.44. The van der Waals surface area contributed by atoms with Crippen molar-refractivity contribution in [2.75, 3.05) is 20.8 Å². The summed E-state index contributed by atoms with van der Waals surface area (Å²) in [6, 6.07) is 5.03. The first-order chi connectivity index (χ1) is 8.63. The lowest BCUT2D eigenvalue weighted by Crippen LogP contribution is -2.17. The van der Waals surface area contributed by atoms with Crippen molar-refractivity contribution in [2.24, 2.45) is 0 Å². The number of hydrogen-bond acceptors (Lipinski definition) is 5. The van der Waals surface area contributed by atoms with E-state index in [4.69, 9.17) is 14.2 Å². The second-order valence-corrected chi connectivity index (χ2v) is 3.65. The lowest BCUT2D eigenvalue weighted by molar-refractivity contribution is -0.153. The summed E-state index contributed by atoms with van der Waals surface area (Å²) in [6.07, 6.45) is -1.30. The Morgan fingerprint density at radius 3 is 2.67 bits per heavy atom. The Labute approximate surface area is 106 Å². The highest BCUT2D eigenvalue weighted by molar-refractivity contribution is 5.76. The molecule has 1 N–H and O–H groups in total. The van der Waals surface area contributed by atoms with Crippen LogP contribution in [-0.2, 0) is 20.9 Å². The van der Waals surface area contributed by atoms with Gasteiger partial charge in [0.25, 0.3) is 0 Å². The largest absolute Gasteiger partial charge is 0.497 e. The van der Waals surface area contributed by atoms with Crippen LogP contribution in [0.25, 0.3) is 0 Å². The molecular formula is C13H18O5. The minimum atomic E-state index is -1.30. The first-order valence-corrected chi connectivity index (χ1v) is 5.64. The van der Waals surface area contributed by atoms with Gasteiger partial charge < -0.3 is 19.3 Å². The van der Waals surface area contributed by atoms with Crippen LogP contribution in [0.4, 0.5) is 0 Å². The molecular weight excluding hydrogens is 236 g/mol. The molecule has 5 heteroatoms. The number of hydrogen-bond donors (Lipinski definition) is 1. The van der Waals surface area contributed by atoms with Gasteiger partial charge in [-0.3, -0.25) is 0 Å². The molecule has 0 bridgehead atoms. The summed E-state index contributed by atoms with van der Waals surface area (Å²) in [7, 11) is 3.09. The third-order valence-corrected chi connectivity index (χ3v) is 2.45. The molecule has 5 nitrogen and oxygen atoms in total. The zero-order valence-electron chi connectivity index (χ0n) is 10.8. The van der Waals surface area contributed by atoms with Gasteiger partial charge in [-0.1, -0.05) is 6.07 Å². The van der Waals surface area contributed by atoms with E-state index in [1.807, 2.05) is 0 Å². The van der Waals surface area contributed by atoms with Gasteiger partial charge in [0, 0.05) is 7.11 Å². The number of benzene rings is 1. The van der Waals surface area contributed by atoms with Crippen molar-refractivity contribution in [3.8, 4) is 5.75 Å². The van der Waals surface area contributed by atoms with Gasteiger partial charge in [0.15, 0.2) is 6.10 Å². The minimum absolute atomic E-state index is 0.228. The molecule has 0 fully saturated rings. The van der Waals surface area contributed by atoms with E-state index in [0.717, 1.165) is 0 Å². The summed E-state index contributed by atoms with van der Waals surface area (Å²) in [5, 5.41) is 9.92. The maximum Gasteiger partial charge on any atom is 0.339 e. The number of carbonyl (C=O) groups is 1. The highest BCUT2D eigenvalue weighted by atomic mass is 16.5. The summed E-state index contributed by atoms with van der Waals surface area (Å²) in [4.78, 5) is 11.5. The minimum Gasteiger partial charge on any atom is -0.497 e. The quantitative estimate of drug-likeness (QED) is 0.778. The molecule has 0 radical (unpaired) electrons. The zero-order valence-corrected chi connectivity index (χ0v) is 10.8. The third kappa shape index (κ3) is 3.45. The fourth-order valence-electron chi connectivity index (χ4n) is 1.60. The number of carbonyl (C=O) groups excluding carboxylic acids is 1. The molecule has 0 aromatic heterocycles. The second-order valence-electron chi connectivity index (χ2n) is 3.65. The van der Waals surface area contributed by atoms with Gasteiger partial charge in [-0.2, -0.15) is 0 Å². The van der Waals surface area contributed by atoms with Crippen molar-refractivity contribution in [1.29, 1.82) is 0 Å². The number of ether oxygens (including phenoxy) is 3. The number of aliphatic hydroxyl groups excluding tert-OH is 1. The summed E-state index contributed by atoms with van der Waals surface area (Å²) < 4.78 is 14.9. The topological polar surface area (TPSA) is 65.0 Å². The molecule has 1 atom stereocenters. The maximum atomic E-state index is 11.5. The van der Waals surface area contributed by atoms with Crippen molar-refractivity contribution in [3.63, 3.8) is 0 Å². The Balaban J connectivity index is 3.02. The highest BCUT2D eigenvalue weighted by Gasteiger charge is 2.21. The van der Waals surface area contributed by atoms with E-state index in [0.29, 0.717) is 16.9 Å². The van der Waals surface area contributed by atoms with Crippen LogP contribution in [0.15, 0.2) is 18.2 Å². The van der Waals surface area contributed by atoms with Gasteiger partial charge in [-0.05, 0) is 30.2 Å². The molecule has 1 aromatic rings. The number of rotatable bonds is 6. The van der Waals surface area contributed by atoms with Crippen LogP contribution < -0.4 is 4.74 Å². The second kappa shape index (κ2) is 6.98.